The number of nitrogens with one attached hydrogen (secondary N) is 1. The Morgan fingerprint density at radius 1 is 1.35 bits per heavy atom. The highest BCUT2D eigenvalue weighted by Gasteiger charge is 2.46. The summed E-state index contributed by atoms with van der Waals surface area (Å²) in [7, 11) is 0. The predicted octanol–water partition coefficient (Wildman–Crippen LogP) is 1.97. The minimum atomic E-state index is -0.726. The summed E-state index contributed by atoms with van der Waals surface area (Å²) in [5, 5.41) is 2.79. The highest BCUT2D eigenvalue weighted by atomic mass is 16.6. The third-order valence-corrected chi connectivity index (χ3v) is 2.94. The molecule has 17 heavy (non-hydrogen) atoms. The number of hydrogen-bond acceptors (Lipinski definition) is 3. The van der Waals surface area contributed by atoms with Crippen molar-refractivity contribution < 1.29 is 14.3 Å². The average molecular weight is 233 g/mol. The van der Waals surface area contributed by atoms with E-state index < -0.39 is 11.5 Å². The van der Waals surface area contributed by atoms with E-state index in [4.69, 9.17) is 4.74 Å². The van der Waals surface area contributed by atoms with Gasteiger partial charge in [-0.05, 0) is 26.0 Å². The first-order valence-corrected chi connectivity index (χ1v) is 5.57. The van der Waals surface area contributed by atoms with Crippen molar-refractivity contribution in [3.63, 3.8) is 0 Å². The van der Waals surface area contributed by atoms with Gasteiger partial charge < -0.3 is 10.1 Å². The second-order valence-electron chi connectivity index (χ2n) is 4.69. The Labute approximate surface area is 100.0 Å². The molecule has 1 aliphatic rings. The van der Waals surface area contributed by atoms with Crippen LogP contribution in [0.4, 0.5) is 5.69 Å². The third-order valence-electron chi connectivity index (χ3n) is 2.94. The van der Waals surface area contributed by atoms with Crippen LogP contribution in [0.5, 0.6) is 0 Å². The molecule has 0 aliphatic carbocycles. The first kappa shape index (κ1) is 11.6. The Kier molecular flexibility index (Phi) is 2.88. The van der Waals surface area contributed by atoms with E-state index in [1.807, 2.05) is 30.3 Å². The summed E-state index contributed by atoms with van der Waals surface area (Å²) in [6.45, 7) is 3.51. The summed E-state index contributed by atoms with van der Waals surface area (Å²) in [6.07, 6.45) is 0.145. The van der Waals surface area contributed by atoms with E-state index in [0.717, 1.165) is 5.69 Å². The molecule has 0 spiro atoms. The Morgan fingerprint density at radius 2 is 2.00 bits per heavy atom. The third kappa shape index (κ3) is 2.46. The summed E-state index contributed by atoms with van der Waals surface area (Å²) in [6, 6.07) is 9.18. The van der Waals surface area contributed by atoms with Crippen molar-refractivity contribution in [2.24, 2.45) is 5.92 Å². The number of ether oxygens (including phenoxy) is 1. The van der Waals surface area contributed by atoms with Crippen molar-refractivity contribution in [2.75, 3.05) is 5.32 Å². The van der Waals surface area contributed by atoms with Gasteiger partial charge in [0.1, 0.15) is 5.60 Å². The molecule has 1 amide bonds. The number of para-hydroxylation sites is 1. The number of hydrogen-bond donors (Lipinski definition) is 1. The number of esters is 1. The highest BCUT2D eigenvalue weighted by Crippen LogP contribution is 2.33. The molecule has 0 radical (unpaired) electrons. The second kappa shape index (κ2) is 4.20. The average Bonchev–Trinajstić information content (AvgIpc) is 2.53. The molecule has 1 heterocycles. The predicted molar refractivity (Wildman–Crippen MR) is 63.3 cm³/mol. The van der Waals surface area contributed by atoms with Gasteiger partial charge in [-0.25, -0.2) is 0 Å². The fraction of sp³-hybridized carbons (Fsp3) is 0.385. The normalized spacial score (nSPS) is 22.0. The van der Waals surface area contributed by atoms with Crippen LogP contribution >= 0.6 is 0 Å². The molecule has 1 aromatic rings. The Bertz CT molecular complexity index is 439. The minimum Gasteiger partial charge on any atom is -0.459 e. The highest BCUT2D eigenvalue weighted by molar-refractivity contribution is 5.96. The number of carbonyl (C=O) groups excluding carboxylic acids is 2. The summed E-state index contributed by atoms with van der Waals surface area (Å²) in [5.41, 5.74) is 0.00306. The maximum atomic E-state index is 12.0. The van der Waals surface area contributed by atoms with E-state index in [9.17, 15) is 9.59 Å². The van der Waals surface area contributed by atoms with E-state index in [2.05, 4.69) is 5.32 Å². The zero-order chi connectivity index (χ0) is 12.5. The van der Waals surface area contributed by atoms with Gasteiger partial charge in [0.25, 0.3) is 0 Å². The lowest BCUT2D eigenvalue weighted by molar-refractivity contribution is -0.147. The lowest BCUT2D eigenvalue weighted by Crippen LogP contribution is -2.36. The maximum Gasteiger partial charge on any atom is 0.307 e. The molecule has 1 saturated heterocycles. The van der Waals surface area contributed by atoms with E-state index in [1.54, 1.807) is 13.8 Å². The number of benzene rings is 1. The van der Waals surface area contributed by atoms with E-state index in [1.165, 1.54) is 0 Å². The lowest BCUT2D eigenvalue weighted by atomic mass is 9.90. The van der Waals surface area contributed by atoms with E-state index >= 15 is 0 Å². The number of rotatable bonds is 2. The molecular weight excluding hydrogens is 218 g/mol. The Hall–Kier alpha value is -1.84. The molecule has 0 bridgehead atoms. The van der Waals surface area contributed by atoms with Gasteiger partial charge in [0.05, 0.1) is 12.3 Å². The van der Waals surface area contributed by atoms with Crippen molar-refractivity contribution in [2.45, 2.75) is 25.9 Å². The Morgan fingerprint density at radius 3 is 2.53 bits per heavy atom. The minimum absolute atomic E-state index is 0.145. The van der Waals surface area contributed by atoms with Crippen LogP contribution in [0.3, 0.4) is 0 Å². The monoisotopic (exact) mass is 233 g/mol. The van der Waals surface area contributed by atoms with Crippen LogP contribution in [0.15, 0.2) is 30.3 Å². The van der Waals surface area contributed by atoms with E-state index in [0.29, 0.717) is 0 Å². The van der Waals surface area contributed by atoms with Crippen molar-refractivity contribution >= 4 is 17.6 Å². The van der Waals surface area contributed by atoms with Crippen molar-refractivity contribution in [3.8, 4) is 0 Å². The first-order valence-electron chi connectivity index (χ1n) is 5.57. The van der Waals surface area contributed by atoms with Gasteiger partial charge in [0.2, 0.25) is 5.91 Å². The fourth-order valence-electron chi connectivity index (χ4n) is 1.98. The summed E-state index contributed by atoms with van der Waals surface area (Å²) in [4.78, 5) is 23.3. The molecule has 4 heteroatoms. The van der Waals surface area contributed by atoms with E-state index in [-0.39, 0.29) is 18.3 Å². The zero-order valence-electron chi connectivity index (χ0n) is 9.90. The zero-order valence-corrected chi connectivity index (χ0v) is 9.90. The number of cyclic esters (lactones) is 1. The first-order chi connectivity index (χ1) is 7.99. The standard InChI is InChI=1S/C13H15NO3/c1-13(2)10(8-11(15)17-13)12(16)14-9-6-4-3-5-7-9/h3-7,10H,8H2,1-2H3,(H,14,16)/t10-/m1/s1. The van der Waals surface area contributed by atoms with Crippen molar-refractivity contribution in [1.82, 2.24) is 0 Å². The van der Waals surface area contributed by atoms with Crippen molar-refractivity contribution in [1.29, 1.82) is 0 Å². The molecule has 1 aromatic carbocycles. The molecule has 1 N–H and O–H groups in total. The van der Waals surface area contributed by atoms with Crippen LogP contribution in [0.25, 0.3) is 0 Å². The van der Waals surface area contributed by atoms with Crippen LogP contribution in [0.2, 0.25) is 0 Å². The molecule has 1 aliphatic heterocycles. The smallest absolute Gasteiger partial charge is 0.307 e. The number of amides is 1. The molecular formula is C13H15NO3. The SMILES string of the molecule is CC1(C)OC(=O)C[C@@H]1C(=O)Nc1ccccc1. The van der Waals surface area contributed by atoms with Gasteiger partial charge in [-0.2, -0.15) is 0 Å². The molecule has 90 valence electrons. The molecule has 1 fully saturated rings. The molecule has 4 nitrogen and oxygen atoms in total. The van der Waals surface area contributed by atoms with Gasteiger partial charge in [-0.3, -0.25) is 9.59 Å². The summed E-state index contributed by atoms with van der Waals surface area (Å²) < 4.78 is 5.12. The quantitative estimate of drug-likeness (QED) is 0.794. The van der Waals surface area contributed by atoms with Gasteiger partial charge >= 0.3 is 5.97 Å². The lowest BCUT2D eigenvalue weighted by Gasteiger charge is -2.23. The molecule has 0 aromatic heterocycles. The largest absolute Gasteiger partial charge is 0.459 e. The van der Waals surface area contributed by atoms with Crippen LogP contribution in [0, 0.1) is 5.92 Å². The molecule has 0 saturated carbocycles. The molecule has 0 unspecified atom stereocenters. The van der Waals surface area contributed by atoms with Gasteiger partial charge in [-0.1, -0.05) is 18.2 Å². The summed E-state index contributed by atoms with van der Waals surface area (Å²) in [5.74, 6) is -0.925. The maximum absolute atomic E-state index is 12.0. The summed E-state index contributed by atoms with van der Waals surface area (Å²) >= 11 is 0. The number of carbonyl (C=O) groups is 2. The molecule has 1 atom stereocenters. The van der Waals surface area contributed by atoms with Crippen LogP contribution < -0.4 is 5.32 Å². The fourth-order valence-corrected chi connectivity index (χ4v) is 1.98. The van der Waals surface area contributed by atoms with Crippen LogP contribution in [-0.4, -0.2) is 17.5 Å². The topological polar surface area (TPSA) is 55.4 Å². The van der Waals surface area contributed by atoms with Crippen LogP contribution in [-0.2, 0) is 14.3 Å². The van der Waals surface area contributed by atoms with Gasteiger partial charge in [0, 0.05) is 5.69 Å². The second-order valence-corrected chi connectivity index (χ2v) is 4.69. The van der Waals surface area contributed by atoms with Crippen molar-refractivity contribution in [3.05, 3.63) is 30.3 Å². The number of anilines is 1. The molecule has 2 rings (SSSR count). The van der Waals surface area contributed by atoms with Crippen LogP contribution in [0.1, 0.15) is 20.3 Å². The van der Waals surface area contributed by atoms with Gasteiger partial charge in [0.15, 0.2) is 0 Å². The van der Waals surface area contributed by atoms with Gasteiger partial charge in [-0.15, -0.1) is 0 Å². The Balaban J connectivity index is 2.09.